The average molecular weight is 312 g/mol. The van der Waals surface area contributed by atoms with Crippen LogP contribution in [0.1, 0.15) is 34.1 Å². The maximum Gasteiger partial charge on any atom is 0.498 e. The topological polar surface area (TPSA) is 36.3 Å². The van der Waals surface area contributed by atoms with Gasteiger partial charge in [-0.15, -0.1) is 0 Å². The summed E-state index contributed by atoms with van der Waals surface area (Å²) in [5.74, 6) is 1.44. The summed E-state index contributed by atoms with van der Waals surface area (Å²) in [6.45, 7) is 8.38. The van der Waals surface area contributed by atoms with Crippen LogP contribution in [0, 0.1) is 0 Å². The van der Waals surface area contributed by atoms with Crippen LogP contribution in [-0.4, -0.2) is 45.3 Å². The lowest BCUT2D eigenvalue weighted by molar-refractivity contribution is 0.00578. The maximum atomic E-state index is 14.5. The fourth-order valence-electron chi connectivity index (χ4n) is 2.56. The molecule has 4 nitrogen and oxygen atoms in total. The molecule has 7 heteroatoms. The van der Waals surface area contributed by atoms with Gasteiger partial charge in [-0.3, -0.25) is 4.68 Å². The molecule has 21 heavy (non-hydrogen) atoms. The zero-order chi connectivity index (χ0) is 15.3. The van der Waals surface area contributed by atoms with Crippen LogP contribution in [0.15, 0.2) is 12.4 Å². The first-order valence-electron chi connectivity index (χ1n) is 7.36. The van der Waals surface area contributed by atoms with E-state index in [4.69, 9.17) is 9.31 Å². The van der Waals surface area contributed by atoms with Gasteiger partial charge in [-0.25, -0.2) is 4.39 Å². The quantitative estimate of drug-likeness (QED) is 0.800. The van der Waals surface area contributed by atoms with Crippen molar-refractivity contribution in [1.82, 2.24) is 9.78 Å². The van der Waals surface area contributed by atoms with Crippen molar-refractivity contribution in [2.75, 3.05) is 11.5 Å². The monoisotopic (exact) mass is 312 g/mol. The molecular weight excluding hydrogens is 290 g/mol. The van der Waals surface area contributed by atoms with Gasteiger partial charge in [0.2, 0.25) is 0 Å². The number of thioether (sulfide) groups is 1. The summed E-state index contributed by atoms with van der Waals surface area (Å²) in [7, 11) is -0.433. The molecule has 3 heterocycles. The van der Waals surface area contributed by atoms with Gasteiger partial charge in [-0.1, -0.05) is 0 Å². The Labute approximate surface area is 129 Å². The number of alkyl halides is 1. The Bertz CT molecular complexity index is 513. The van der Waals surface area contributed by atoms with E-state index in [-0.39, 0.29) is 11.2 Å². The van der Waals surface area contributed by atoms with Crippen LogP contribution in [0.25, 0.3) is 0 Å². The molecule has 116 valence electrons. The number of rotatable bonds is 3. The highest BCUT2D eigenvalue weighted by atomic mass is 32.2. The zero-order valence-electron chi connectivity index (χ0n) is 13.1. The van der Waals surface area contributed by atoms with E-state index >= 15 is 0 Å². The molecular formula is C14H22BFN2O2S. The normalized spacial score (nSPS) is 31.0. The molecule has 0 aliphatic carbocycles. The molecule has 2 aliphatic rings. The molecule has 1 unspecified atom stereocenters. The summed E-state index contributed by atoms with van der Waals surface area (Å²) in [6.07, 6.45) is 4.16. The fraction of sp³-hybridized carbons (Fsp3) is 0.786. The summed E-state index contributed by atoms with van der Waals surface area (Å²) in [5.41, 5.74) is -1.03. The Balaban J connectivity index is 1.71. The van der Waals surface area contributed by atoms with E-state index in [2.05, 4.69) is 5.10 Å². The number of aromatic nitrogens is 2. The SMILES string of the molecule is CC1(C)OB(c2cnn(CC3(F)CCSC3)c2)OC1(C)C. The third-order valence-corrected chi connectivity index (χ3v) is 5.89. The second-order valence-electron chi connectivity index (χ2n) is 7.01. The van der Waals surface area contributed by atoms with Crippen LogP contribution in [0.2, 0.25) is 0 Å². The summed E-state index contributed by atoms with van der Waals surface area (Å²) < 4.78 is 28.1. The van der Waals surface area contributed by atoms with Crippen molar-refractivity contribution < 1.29 is 13.7 Å². The molecule has 0 saturated carbocycles. The van der Waals surface area contributed by atoms with Crippen molar-refractivity contribution in [3.8, 4) is 0 Å². The number of hydrogen-bond donors (Lipinski definition) is 0. The predicted molar refractivity (Wildman–Crippen MR) is 83.7 cm³/mol. The van der Waals surface area contributed by atoms with Crippen molar-refractivity contribution in [3.05, 3.63) is 12.4 Å². The van der Waals surface area contributed by atoms with Crippen LogP contribution in [-0.2, 0) is 15.9 Å². The Morgan fingerprint density at radius 1 is 1.33 bits per heavy atom. The summed E-state index contributed by atoms with van der Waals surface area (Å²) >= 11 is 1.67. The number of nitrogens with zero attached hydrogens (tertiary/aromatic N) is 2. The van der Waals surface area contributed by atoms with Crippen molar-refractivity contribution in [3.63, 3.8) is 0 Å². The minimum Gasteiger partial charge on any atom is -0.399 e. The summed E-state index contributed by atoms with van der Waals surface area (Å²) in [4.78, 5) is 0. The van der Waals surface area contributed by atoms with E-state index in [0.717, 1.165) is 11.2 Å². The van der Waals surface area contributed by atoms with E-state index in [9.17, 15) is 4.39 Å². The van der Waals surface area contributed by atoms with Gasteiger partial charge in [0.15, 0.2) is 0 Å². The first-order valence-corrected chi connectivity index (χ1v) is 8.51. The van der Waals surface area contributed by atoms with E-state index < -0.39 is 12.8 Å². The molecule has 0 N–H and O–H groups in total. The highest BCUT2D eigenvalue weighted by molar-refractivity contribution is 7.99. The van der Waals surface area contributed by atoms with Gasteiger partial charge in [-0.2, -0.15) is 16.9 Å². The molecule has 0 aromatic carbocycles. The third-order valence-electron chi connectivity index (χ3n) is 4.68. The molecule has 2 fully saturated rings. The Kier molecular flexibility index (Phi) is 3.66. The van der Waals surface area contributed by atoms with Crippen LogP contribution < -0.4 is 5.46 Å². The highest BCUT2D eigenvalue weighted by Crippen LogP contribution is 2.36. The fourth-order valence-corrected chi connectivity index (χ4v) is 3.82. The molecule has 1 atom stereocenters. The van der Waals surface area contributed by atoms with Crippen molar-refractivity contribution in [2.24, 2.45) is 0 Å². The zero-order valence-corrected chi connectivity index (χ0v) is 13.9. The Morgan fingerprint density at radius 2 is 2.00 bits per heavy atom. The maximum absolute atomic E-state index is 14.5. The van der Waals surface area contributed by atoms with Crippen molar-refractivity contribution in [1.29, 1.82) is 0 Å². The van der Waals surface area contributed by atoms with Crippen LogP contribution in [0.3, 0.4) is 0 Å². The van der Waals surface area contributed by atoms with Gasteiger partial charge in [0.05, 0.1) is 17.7 Å². The Hall–Kier alpha value is -0.525. The van der Waals surface area contributed by atoms with Gasteiger partial charge in [-0.05, 0) is 39.9 Å². The highest BCUT2D eigenvalue weighted by Gasteiger charge is 2.52. The molecule has 0 radical (unpaired) electrons. The van der Waals surface area contributed by atoms with E-state index in [1.54, 1.807) is 22.6 Å². The second-order valence-corrected chi connectivity index (χ2v) is 8.12. The number of hydrogen-bond acceptors (Lipinski definition) is 4. The second kappa shape index (κ2) is 5.00. The van der Waals surface area contributed by atoms with E-state index in [1.807, 2.05) is 33.9 Å². The van der Waals surface area contributed by atoms with Gasteiger partial charge in [0.25, 0.3) is 0 Å². The van der Waals surface area contributed by atoms with Crippen molar-refractivity contribution >= 4 is 24.3 Å². The molecule has 3 rings (SSSR count). The summed E-state index contributed by atoms with van der Waals surface area (Å²) in [6, 6.07) is 0. The van der Waals surface area contributed by atoms with E-state index in [0.29, 0.717) is 18.7 Å². The largest absolute Gasteiger partial charge is 0.498 e. The lowest BCUT2D eigenvalue weighted by Gasteiger charge is -2.32. The lowest BCUT2D eigenvalue weighted by Crippen LogP contribution is -2.41. The minimum atomic E-state index is -1.14. The lowest BCUT2D eigenvalue weighted by atomic mass is 9.82. The predicted octanol–water partition coefficient (Wildman–Crippen LogP) is 2.03. The molecule has 1 aromatic heterocycles. The minimum absolute atomic E-state index is 0.305. The van der Waals surface area contributed by atoms with E-state index in [1.165, 1.54) is 0 Å². The van der Waals surface area contributed by atoms with Crippen LogP contribution >= 0.6 is 11.8 Å². The molecule has 0 spiro atoms. The average Bonchev–Trinajstić information content (AvgIpc) is 3.01. The first kappa shape index (κ1) is 15.4. The van der Waals surface area contributed by atoms with Crippen LogP contribution in [0.5, 0.6) is 0 Å². The molecule has 0 amide bonds. The summed E-state index contributed by atoms with van der Waals surface area (Å²) in [5, 5.41) is 4.27. The van der Waals surface area contributed by atoms with Crippen molar-refractivity contribution in [2.45, 2.75) is 57.5 Å². The molecule has 1 aromatic rings. The number of halogens is 1. The standard InChI is InChI=1S/C14H22BFN2O2S/c1-12(2)13(3,4)20-15(19-12)11-7-17-18(8-11)9-14(16)5-6-21-10-14/h7-8H,5-6,9-10H2,1-4H3. The first-order chi connectivity index (χ1) is 9.71. The van der Waals surface area contributed by atoms with Gasteiger partial charge < -0.3 is 9.31 Å². The smallest absolute Gasteiger partial charge is 0.399 e. The third kappa shape index (κ3) is 2.88. The molecule has 2 saturated heterocycles. The van der Waals surface area contributed by atoms with Crippen LogP contribution in [0.4, 0.5) is 4.39 Å². The van der Waals surface area contributed by atoms with Gasteiger partial charge in [0, 0.05) is 23.6 Å². The molecule has 2 aliphatic heterocycles. The van der Waals surface area contributed by atoms with Gasteiger partial charge >= 0.3 is 7.12 Å². The molecule has 0 bridgehead atoms. The van der Waals surface area contributed by atoms with Gasteiger partial charge in [0.1, 0.15) is 5.67 Å². The Morgan fingerprint density at radius 3 is 2.57 bits per heavy atom.